The van der Waals surface area contributed by atoms with Crippen LogP contribution in [-0.4, -0.2) is 9.13 Å². The molecular formula is C52H32N2S. The van der Waals surface area contributed by atoms with Gasteiger partial charge in [-0.25, -0.2) is 0 Å². The number of fused-ring (bicyclic) bond motifs is 10. The largest absolute Gasteiger partial charge is 0.309 e. The Morgan fingerprint density at radius 1 is 0.327 bits per heavy atom. The highest BCUT2D eigenvalue weighted by atomic mass is 32.1. The second-order valence-electron chi connectivity index (χ2n) is 14.5. The van der Waals surface area contributed by atoms with Gasteiger partial charge in [0.05, 0.1) is 27.8 Å². The molecule has 0 amide bonds. The van der Waals surface area contributed by atoms with E-state index in [1.807, 2.05) is 11.3 Å². The summed E-state index contributed by atoms with van der Waals surface area (Å²) >= 11 is 1.89. The summed E-state index contributed by atoms with van der Waals surface area (Å²) in [5, 5.41) is 10.2. The average Bonchev–Trinajstić information content (AvgIpc) is 3.91. The Kier molecular flexibility index (Phi) is 6.54. The summed E-state index contributed by atoms with van der Waals surface area (Å²) in [6.07, 6.45) is 0. The molecular weight excluding hydrogens is 685 g/mol. The quantitative estimate of drug-likeness (QED) is 0.172. The molecule has 0 aliphatic heterocycles. The Morgan fingerprint density at radius 3 is 1.67 bits per heavy atom. The SMILES string of the molecule is c1ccc(-n2c3ccc(-c4ccc5c(c4)c4ccccc4n5-c4cccc5ccccc45)cc3c3cc(-c4cccc5c4sc4ccccc45)ccc32)cc1. The van der Waals surface area contributed by atoms with Gasteiger partial charge in [0.1, 0.15) is 0 Å². The van der Waals surface area contributed by atoms with Gasteiger partial charge in [-0.3, -0.25) is 0 Å². The molecule has 3 heterocycles. The summed E-state index contributed by atoms with van der Waals surface area (Å²) < 4.78 is 7.52. The highest BCUT2D eigenvalue weighted by Gasteiger charge is 2.18. The zero-order valence-corrected chi connectivity index (χ0v) is 30.6. The van der Waals surface area contributed by atoms with E-state index in [1.165, 1.54) is 102 Å². The van der Waals surface area contributed by atoms with Crippen LogP contribution in [0.4, 0.5) is 0 Å². The third-order valence-electron chi connectivity index (χ3n) is 11.5. The van der Waals surface area contributed by atoms with E-state index >= 15 is 0 Å². The van der Waals surface area contributed by atoms with Gasteiger partial charge in [0.15, 0.2) is 0 Å². The molecule has 0 aliphatic carbocycles. The lowest BCUT2D eigenvalue weighted by Gasteiger charge is -2.12. The van der Waals surface area contributed by atoms with Crippen LogP contribution in [-0.2, 0) is 0 Å². The Morgan fingerprint density at radius 2 is 0.873 bits per heavy atom. The predicted molar refractivity (Wildman–Crippen MR) is 236 cm³/mol. The number of thiophene rings is 1. The molecule has 0 unspecified atom stereocenters. The fourth-order valence-electron chi connectivity index (χ4n) is 9.02. The molecule has 0 saturated heterocycles. The highest BCUT2D eigenvalue weighted by Crippen LogP contribution is 2.43. The van der Waals surface area contributed by atoms with Crippen molar-refractivity contribution < 1.29 is 0 Å². The van der Waals surface area contributed by atoms with Crippen molar-refractivity contribution in [2.45, 2.75) is 0 Å². The van der Waals surface area contributed by atoms with Gasteiger partial charge in [-0.15, -0.1) is 11.3 Å². The third-order valence-corrected chi connectivity index (χ3v) is 12.7. The highest BCUT2D eigenvalue weighted by molar-refractivity contribution is 7.26. The van der Waals surface area contributed by atoms with Gasteiger partial charge >= 0.3 is 0 Å². The normalized spacial score (nSPS) is 12.0. The van der Waals surface area contributed by atoms with E-state index in [2.05, 4.69) is 203 Å². The first kappa shape index (κ1) is 30.5. The van der Waals surface area contributed by atoms with E-state index in [9.17, 15) is 0 Å². The van der Waals surface area contributed by atoms with E-state index < -0.39 is 0 Å². The molecule has 0 N–H and O–H groups in total. The number of para-hydroxylation sites is 2. The number of nitrogens with zero attached hydrogens (tertiary/aromatic N) is 2. The molecule has 2 nitrogen and oxygen atoms in total. The number of hydrogen-bond donors (Lipinski definition) is 0. The van der Waals surface area contributed by atoms with Crippen molar-refractivity contribution in [1.29, 1.82) is 0 Å². The molecule has 256 valence electrons. The maximum absolute atomic E-state index is 2.44. The van der Waals surface area contributed by atoms with E-state index in [-0.39, 0.29) is 0 Å². The second kappa shape index (κ2) is 11.8. The Balaban J connectivity index is 1.08. The molecule has 0 spiro atoms. The first-order chi connectivity index (χ1) is 27.3. The molecule has 0 radical (unpaired) electrons. The van der Waals surface area contributed by atoms with Crippen molar-refractivity contribution >= 4 is 85.9 Å². The van der Waals surface area contributed by atoms with E-state index in [0.717, 1.165) is 5.69 Å². The Hall–Kier alpha value is -6.94. The number of aromatic nitrogens is 2. The topological polar surface area (TPSA) is 9.86 Å². The smallest absolute Gasteiger partial charge is 0.0541 e. The average molecular weight is 717 g/mol. The van der Waals surface area contributed by atoms with Crippen LogP contribution in [0, 0.1) is 0 Å². The van der Waals surface area contributed by atoms with Gasteiger partial charge in [0.25, 0.3) is 0 Å². The van der Waals surface area contributed by atoms with E-state index in [1.54, 1.807) is 0 Å². The summed E-state index contributed by atoms with van der Waals surface area (Å²) in [7, 11) is 0. The summed E-state index contributed by atoms with van der Waals surface area (Å²) in [6.45, 7) is 0. The molecule has 12 rings (SSSR count). The van der Waals surface area contributed by atoms with Crippen molar-refractivity contribution in [1.82, 2.24) is 9.13 Å². The number of benzene rings is 9. The zero-order valence-electron chi connectivity index (χ0n) is 29.8. The molecule has 0 fully saturated rings. The number of rotatable bonds is 4. The molecule has 3 aromatic heterocycles. The van der Waals surface area contributed by atoms with Crippen molar-refractivity contribution in [2.75, 3.05) is 0 Å². The molecule has 0 saturated carbocycles. The summed E-state index contributed by atoms with van der Waals surface area (Å²) in [4.78, 5) is 0. The molecule has 0 atom stereocenters. The van der Waals surface area contributed by atoms with Crippen LogP contribution in [0.25, 0.3) is 108 Å². The third kappa shape index (κ3) is 4.54. The Labute approximate surface area is 321 Å². The van der Waals surface area contributed by atoms with Gasteiger partial charge in [0.2, 0.25) is 0 Å². The lowest BCUT2D eigenvalue weighted by molar-refractivity contribution is 1.18. The van der Waals surface area contributed by atoms with Gasteiger partial charge in [-0.2, -0.15) is 0 Å². The van der Waals surface area contributed by atoms with E-state index in [0.29, 0.717) is 0 Å². The molecule has 12 aromatic rings. The lowest BCUT2D eigenvalue weighted by Crippen LogP contribution is -1.95. The van der Waals surface area contributed by atoms with Crippen molar-refractivity contribution in [3.05, 3.63) is 194 Å². The molecule has 0 aliphatic rings. The monoisotopic (exact) mass is 716 g/mol. The van der Waals surface area contributed by atoms with Crippen molar-refractivity contribution in [3.8, 4) is 33.6 Å². The maximum Gasteiger partial charge on any atom is 0.0541 e. The minimum atomic E-state index is 1.16. The first-order valence-electron chi connectivity index (χ1n) is 18.8. The lowest BCUT2D eigenvalue weighted by atomic mass is 9.98. The standard InChI is InChI=1S/C52H32N2S/c1-2-14-37(15-3-1)53-48-27-24-35(31-44(48)45-32-36(26-29-49(45)53)39-19-11-20-42-41-18-7-9-23-51(41)55-52(39)42)34-25-28-50-43(30-34)40-17-6-8-21-47(40)54(50)46-22-10-13-33-12-4-5-16-38(33)46/h1-32H. The van der Waals surface area contributed by atoms with Crippen LogP contribution in [0.3, 0.4) is 0 Å². The fourth-order valence-corrected chi connectivity index (χ4v) is 10.3. The Bertz CT molecular complexity index is 3480. The van der Waals surface area contributed by atoms with Crippen LogP contribution < -0.4 is 0 Å². The predicted octanol–water partition coefficient (Wildman–Crippen LogP) is 14.7. The van der Waals surface area contributed by atoms with Crippen molar-refractivity contribution in [2.24, 2.45) is 0 Å². The minimum absolute atomic E-state index is 1.16. The zero-order chi connectivity index (χ0) is 36.0. The van der Waals surface area contributed by atoms with Crippen molar-refractivity contribution in [3.63, 3.8) is 0 Å². The summed E-state index contributed by atoms with van der Waals surface area (Å²) in [6, 6.07) is 71.4. The summed E-state index contributed by atoms with van der Waals surface area (Å²) in [5.74, 6) is 0. The number of hydrogen-bond acceptors (Lipinski definition) is 1. The minimum Gasteiger partial charge on any atom is -0.309 e. The van der Waals surface area contributed by atoms with Gasteiger partial charge < -0.3 is 9.13 Å². The van der Waals surface area contributed by atoms with Crippen LogP contribution >= 0.6 is 11.3 Å². The maximum atomic E-state index is 2.44. The van der Waals surface area contributed by atoms with Crippen LogP contribution in [0.2, 0.25) is 0 Å². The van der Waals surface area contributed by atoms with Crippen LogP contribution in [0.1, 0.15) is 0 Å². The van der Waals surface area contributed by atoms with Crippen LogP contribution in [0.5, 0.6) is 0 Å². The molecule has 9 aromatic carbocycles. The molecule has 3 heteroatoms. The second-order valence-corrected chi connectivity index (χ2v) is 15.6. The first-order valence-corrected chi connectivity index (χ1v) is 19.7. The molecule has 0 bridgehead atoms. The molecule has 55 heavy (non-hydrogen) atoms. The van der Waals surface area contributed by atoms with Crippen LogP contribution in [0.15, 0.2) is 194 Å². The van der Waals surface area contributed by atoms with Gasteiger partial charge in [-0.05, 0) is 94.4 Å². The van der Waals surface area contributed by atoms with E-state index in [4.69, 9.17) is 0 Å². The van der Waals surface area contributed by atoms with Gasteiger partial charge in [0, 0.05) is 52.8 Å². The van der Waals surface area contributed by atoms with Gasteiger partial charge in [-0.1, -0.05) is 127 Å². The fraction of sp³-hybridized carbons (Fsp3) is 0. The summed E-state index contributed by atoms with van der Waals surface area (Å²) in [5.41, 5.74) is 12.1.